The molecule has 0 aliphatic carbocycles. The summed E-state index contributed by atoms with van der Waals surface area (Å²) in [6.07, 6.45) is 1.87. The van der Waals surface area contributed by atoms with Crippen molar-refractivity contribution in [2.24, 2.45) is 0 Å². The van der Waals surface area contributed by atoms with Gasteiger partial charge in [-0.3, -0.25) is 4.79 Å². The Morgan fingerprint density at radius 3 is 2.06 bits per heavy atom. The van der Waals surface area contributed by atoms with Crippen molar-refractivity contribution >= 4 is 27.6 Å². The number of nitrogens with one attached hydrogen (secondary N) is 1. The van der Waals surface area contributed by atoms with E-state index >= 15 is 0 Å². The minimum atomic E-state index is -3.51. The maximum Gasteiger partial charge on any atom is 0.252 e. The van der Waals surface area contributed by atoms with Crippen molar-refractivity contribution in [1.29, 1.82) is 0 Å². The van der Waals surface area contributed by atoms with Gasteiger partial charge < -0.3 is 10.2 Å². The molecule has 7 heteroatoms. The molecule has 0 bridgehead atoms. The Balaban J connectivity index is 1.46. The molecule has 34 heavy (non-hydrogen) atoms. The van der Waals surface area contributed by atoms with E-state index in [0.717, 1.165) is 29.8 Å². The third-order valence-electron chi connectivity index (χ3n) is 5.92. The lowest BCUT2D eigenvalue weighted by Crippen LogP contribution is -2.47. The second-order valence-electron chi connectivity index (χ2n) is 8.37. The molecule has 3 aromatic rings. The fourth-order valence-electron chi connectivity index (χ4n) is 3.85. The predicted octanol–water partition coefficient (Wildman–Crippen LogP) is 3.48. The van der Waals surface area contributed by atoms with E-state index in [1.807, 2.05) is 73.8 Å². The van der Waals surface area contributed by atoms with Crippen molar-refractivity contribution in [2.45, 2.75) is 11.4 Å². The Morgan fingerprint density at radius 2 is 1.44 bits per heavy atom. The van der Waals surface area contributed by atoms with E-state index < -0.39 is 10.0 Å². The topological polar surface area (TPSA) is 69.7 Å². The van der Waals surface area contributed by atoms with Crippen LogP contribution in [0, 0.1) is 0 Å². The predicted molar refractivity (Wildman–Crippen MR) is 135 cm³/mol. The van der Waals surface area contributed by atoms with Gasteiger partial charge in [-0.15, -0.1) is 0 Å². The Hall–Kier alpha value is -3.26. The molecule has 1 N–H and O–H groups in total. The van der Waals surface area contributed by atoms with Crippen LogP contribution in [0.25, 0.3) is 11.6 Å². The first-order chi connectivity index (χ1) is 16.4. The largest absolute Gasteiger partial charge is 0.348 e. The molecule has 1 saturated heterocycles. The van der Waals surface area contributed by atoms with Crippen LogP contribution in [0.1, 0.15) is 16.7 Å². The molecule has 1 aliphatic heterocycles. The van der Waals surface area contributed by atoms with Crippen LogP contribution in [0.2, 0.25) is 0 Å². The molecule has 4 rings (SSSR count). The van der Waals surface area contributed by atoms with Crippen LogP contribution in [0.5, 0.6) is 0 Å². The number of nitrogens with zero attached hydrogens (tertiary/aromatic N) is 2. The maximum absolute atomic E-state index is 13.1. The fraction of sp³-hybridized carbons (Fsp3) is 0.222. The summed E-state index contributed by atoms with van der Waals surface area (Å²) in [5.41, 5.74) is 3.17. The van der Waals surface area contributed by atoms with Crippen molar-refractivity contribution in [2.75, 3.05) is 33.2 Å². The number of piperazine rings is 1. The van der Waals surface area contributed by atoms with Crippen molar-refractivity contribution < 1.29 is 13.2 Å². The van der Waals surface area contributed by atoms with Gasteiger partial charge in [0, 0.05) is 38.3 Å². The summed E-state index contributed by atoms with van der Waals surface area (Å²) in [5, 5.41) is 2.97. The molecule has 176 valence electrons. The van der Waals surface area contributed by atoms with E-state index in [1.54, 1.807) is 24.3 Å². The average molecular weight is 476 g/mol. The quantitative estimate of drug-likeness (QED) is 0.420. The van der Waals surface area contributed by atoms with Crippen molar-refractivity contribution in [3.8, 4) is 0 Å². The Kier molecular flexibility index (Phi) is 7.57. The maximum atomic E-state index is 13.1. The average Bonchev–Trinajstić information content (AvgIpc) is 2.87. The molecule has 6 nitrogen and oxygen atoms in total. The molecule has 1 fully saturated rings. The van der Waals surface area contributed by atoms with Crippen LogP contribution in [-0.4, -0.2) is 56.8 Å². The molecule has 0 spiro atoms. The molecule has 1 heterocycles. The van der Waals surface area contributed by atoms with Crippen LogP contribution in [0.4, 0.5) is 0 Å². The summed E-state index contributed by atoms with van der Waals surface area (Å²) in [4.78, 5) is 15.5. The second kappa shape index (κ2) is 10.8. The standard InChI is InChI=1S/C27H29N3O3S/c1-29-16-18-30(19-17-29)34(32,33)25-14-12-23(13-15-25)21-28-27(31)26(24-10-6-3-7-11-24)20-22-8-4-2-5-9-22/h2-15,20H,16-19,21H2,1H3,(H,28,31)/b26-20-. The van der Waals surface area contributed by atoms with Crippen LogP contribution in [-0.2, 0) is 21.4 Å². The summed E-state index contributed by atoms with van der Waals surface area (Å²) in [6.45, 7) is 2.74. The van der Waals surface area contributed by atoms with E-state index in [4.69, 9.17) is 0 Å². The number of likely N-dealkylation sites (N-methyl/N-ethyl adjacent to an activating group) is 1. The number of carbonyl (C=O) groups excluding carboxylic acids is 1. The molecule has 0 aromatic heterocycles. The van der Waals surface area contributed by atoms with E-state index in [2.05, 4.69) is 10.2 Å². The van der Waals surface area contributed by atoms with Crippen LogP contribution in [0.3, 0.4) is 0 Å². The van der Waals surface area contributed by atoms with Crippen molar-refractivity contribution in [3.63, 3.8) is 0 Å². The zero-order valence-electron chi connectivity index (χ0n) is 19.2. The van der Waals surface area contributed by atoms with Crippen LogP contribution in [0.15, 0.2) is 89.8 Å². The van der Waals surface area contributed by atoms with Gasteiger partial charge in [-0.1, -0.05) is 72.8 Å². The number of carbonyl (C=O) groups is 1. The van der Waals surface area contributed by atoms with Gasteiger partial charge in [0.05, 0.1) is 4.90 Å². The van der Waals surface area contributed by atoms with Gasteiger partial charge in [0.15, 0.2) is 0 Å². The number of benzene rings is 3. The second-order valence-corrected chi connectivity index (χ2v) is 10.3. The smallest absolute Gasteiger partial charge is 0.252 e. The first-order valence-corrected chi connectivity index (χ1v) is 12.8. The monoisotopic (exact) mass is 475 g/mol. The molecule has 0 atom stereocenters. The number of amides is 1. The molecule has 0 radical (unpaired) electrons. The van der Waals surface area contributed by atoms with Gasteiger partial charge in [0.25, 0.3) is 5.91 Å². The highest BCUT2D eigenvalue weighted by molar-refractivity contribution is 7.89. The highest BCUT2D eigenvalue weighted by Gasteiger charge is 2.27. The molecule has 0 saturated carbocycles. The lowest BCUT2D eigenvalue weighted by Gasteiger charge is -2.31. The number of sulfonamides is 1. The zero-order valence-corrected chi connectivity index (χ0v) is 20.0. The van der Waals surface area contributed by atoms with E-state index in [0.29, 0.717) is 25.2 Å². The summed E-state index contributed by atoms with van der Waals surface area (Å²) in [6, 6.07) is 26.0. The minimum Gasteiger partial charge on any atom is -0.348 e. The van der Waals surface area contributed by atoms with Gasteiger partial charge in [-0.05, 0) is 41.9 Å². The summed E-state index contributed by atoms with van der Waals surface area (Å²) in [7, 11) is -1.52. The van der Waals surface area contributed by atoms with Crippen molar-refractivity contribution in [1.82, 2.24) is 14.5 Å². The van der Waals surface area contributed by atoms with Crippen LogP contribution >= 0.6 is 0 Å². The van der Waals surface area contributed by atoms with E-state index in [9.17, 15) is 13.2 Å². The third-order valence-corrected chi connectivity index (χ3v) is 7.83. The van der Waals surface area contributed by atoms with Gasteiger partial charge in [-0.25, -0.2) is 8.42 Å². The highest BCUT2D eigenvalue weighted by Crippen LogP contribution is 2.20. The first-order valence-electron chi connectivity index (χ1n) is 11.3. The Labute approximate surface area is 201 Å². The molecule has 1 aliphatic rings. The molecule has 1 amide bonds. The van der Waals surface area contributed by atoms with Gasteiger partial charge in [0.2, 0.25) is 10.0 Å². The van der Waals surface area contributed by atoms with Gasteiger partial charge >= 0.3 is 0 Å². The zero-order chi connectivity index (χ0) is 24.0. The number of hydrogen-bond donors (Lipinski definition) is 1. The number of rotatable bonds is 7. The van der Waals surface area contributed by atoms with Crippen LogP contribution < -0.4 is 5.32 Å². The lowest BCUT2D eigenvalue weighted by molar-refractivity contribution is -0.115. The Bertz CT molecular complexity index is 1230. The highest BCUT2D eigenvalue weighted by atomic mass is 32.2. The normalized spacial score (nSPS) is 15.7. The fourth-order valence-corrected chi connectivity index (χ4v) is 5.27. The van der Waals surface area contributed by atoms with Crippen molar-refractivity contribution in [3.05, 3.63) is 102 Å². The van der Waals surface area contributed by atoms with Gasteiger partial charge in [-0.2, -0.15) is 4.31 Å². The summed E-state index contributed by atoms with van der Waals surface area (Å²) in [5.74, 6) is -0.191. The minimum absolute atomic E-state index is 0.191. The first kappa shape index (κ1) is 23.9. The third kappa shape index (κ3) is 5.80. The summed E-state index contributed by atoms with van der Waals surface area (Å²) >= 11 is 0. The lowest BCUT2D eigenvalue weighted by atomic mass is 10.0. The molecular formula is C27H29N3O3S. The molecule has 0 unspecified atom stereocenters. The molecular weight excluding hydrogens is 446 g/mol. The summed E-state index contributed by atoms with van der Waals surface area (Å²) < 4.78 is 27.4. The van der Waals surface area contributed by atoms with E-state index in [1.165, 1.54) is 4.31 Å². The number of hydrogen-bond acceptors (Lipinski definition) is 4. The molecule has 3 aromatic carbocycles. The van der Waals surface area contributed by atoms with Gasteiger partial charge in [0.1, 0.15) is 0 Å². The SMILES string of the molecule is CN1CCN(S(=O)(=O)c2ccc(CNC(=O)/C(=C\c3ccccc3)c3ccccc3)cc2)CC1. The Morgan fingerprint density at radius 1 is 0.853 bits per heavy atom. The van der Waals surface area contributed by atoms with E-state index in [-0.39, 0.29) is 10.8 Å².